The molecule has 12 rings (SSSR count). The van der Waals surface area contributed by atoms with Crippen LogP contribution in [0.15, 0.2) is 67.0 Å². The zero-order valence-electron chi connectivity index (χ0n) is 45.0. The average Bonchev–Trinajstić information content (AvgIpc) is 4.21. The minimum absolute atomic E-state index is 0.0736. The molecule has 17 heteroatoms. The van der Waals surface area contributed by atoms with E-state index < -0.39 is 10.8 Å². The van der Waals surface area contributed by atoms with Crippen LogP contribution in [0, 0.1) is 24.1 Å². The number of para-hydroxylation sites is 1. The van der Waals surface area contributed by atoms with Gasteiger partial charge in [-0.3, -0.25) is 29.3 Å². The van der Waals surface area contributed by atoms with Crippen LogP contribution >= 0.6 is 0 Å². The standard InChI is InChI=1S/C60H72FN11O5/c1-37(2)71-36-62-49-35-48(65-54(53(49)71)64-47-11-7-6-10-46(47)61)40-12-15-45-50(32-40)72(42-33-41(34-42)67-24-8-5-9-25-67)58(77)60(45)22-30-70(31-23-60)57(76)59(4)20-28-69(29-21-59)56(75)39-18-26-68(27-19-39)51-16-13-43(38(3)63-51)44-14-17-52(73)66-55(44)74/h6-7,10-13,15-16,32,35-37,39,41-42,44H,5,8-9,14,17-31,33-34H2,1-4H3,(H,64,65)(H,66,73,74)/t41-,42+,44?. The fraction of sp³-hybridized carbons (Fsp3) is 0.533. The van der Waals surface area contributed by atoms with Crippen LogP contribution in [0.1, 0.15) is 133 Å². The fourth-order valence-corrected chi connectivity index (χ4v) is 13.9. The van der Waals surface area contributed by atoms with Gasteiger partial charge in [0.1, 0.15) is 17.2 Å². The summed E-state index contributed by atoms with van der Waals surface area (Å²) in [4.78, 5) is 94.0. The first kappa shape index (κ1) is 51.0. The average molecular weight is 1050 g/mol. The van der Waals surface area contributed by atoms with E-state index in [2.05, 4.69) is 64.3 Å². The van der Waals surface area contributed by atoms with Crippen molar-refractivity contribution >= 4 is 63.6 Å². The van der Waals surface area contributed by atoms with Crippen molar-refractivity contribution in [2.75, 3.05) is 67.5 Å². The third kappa shape index (κ3) is 9.23. The third-order valence-corrected chi connectivity index (χ3v) is 18.8. The Morgan fingerprint density at radius 1 is 0.805 bits per heavy atom. The van der Waals surface area contributed by atoms with Crippen LogP contribution in [-0.2, 0) is 29.4 Å². The molecule has 1 spiro atoms. The van der Waals surface area contributed by atoms with Crippen molar-refractivity contribution in [3.05, 3.63) is 89.6 Å². The van der Waals surface area contributed by atoms with Crippen molar-refractivity contribution in [2.24, 2.45) is 11.3 Å². The van der Waals surface area contributed by atoms with Crippen molar-refractivity contribution in [1.82, 2.24) is 39.5 Å². The van der Waals surface area contributed by atoms with Crippen LogP contribution in [0.25, 0.3) is 22.3 Å². The maximum atomic E-state index is 15.4. The van der Waals surface area contributed by atoms with E-state index in [1.165, 1.54) is 25.3 Å². The smallest absolute Gasteiger partial charge is 0.238 e. The van der Waals surface area contributed by atoms with Gasteiger partial charge in [0.25, 0.3) is 0 Å². The summed E-state index contributed by atoms with van der Waals surface area (Å²) in [6.07, 6.45) is 11.9. The summed E-state index contributed by atoms with van der Waals surface area (Å²) < 4.78 is 17.2. The van der Waals surface area contributed by atoms with Crippen LogP contribution in [-0.4, -0.2) is 128 Å². The molecule has 9 heterocycles. The number of carbonyl (C=O) groups excluding carboxylic acids is 5. The molecule has 5 aromatic rings. The number of nitrogens with zero attached hydrogens (tertiary/aromatic N) is 9. The lowest BCUT2D eigenvalue weighted by molar-refractivity contribution is -0.150. The van der Waals surface area contributed by atoms with Gasteiger partial charge in [-0.1, -0.05) is 43.7 Å². The minimum Gasteiger partial charge on any atom is -0.357 e. The Bertz CT molecular complexity index is 3140. The Morgan fingerprint density at radius 2 is 1.53 bits per heavy atom. The van der Waals surface area contributed by atoms with Crippen molar-refractivity contribution in [1.29, 1.82) is 0 Å². The molecule has 16 nitrogen and oxygen atoms in total. The quantitative estimate of drug-likeness (QED) is 0.129. The van der Waals surface area contributed by atoms with E-state index in [4.69, 9.17) is 15.0 Å². The number of hydrogen-bond donors (Lipinski definition) is 2. The summed E-state index contributed by atoms with van der Waals surface area (Å²) in [5.74, 6) is 0.387. The van der Waals surface area contributed by atoms with E-state index in [0.29, 0.717) is 114 Å². The molecule has 2 N–H and O–H groups in total. The Kier molecular flexibility index (Phi) is 13.4. The lowest BCUT2D eigenvalue weighted by Gasteiger charge is -2.48. The number of imidazole rings is 1. The van der Waals surface area contributed by atoms with Gasteiger partial charge in [0, 0.05) is 92.1 Å². The molecule has 5 amide bonds. The number of hydrogen-bond acceptors (Lipinski definition) is 11. The molecular weight excluding hydrogens is 974 g/mol. The van der Waals surface area contributed by atoms with Crippen LogP contribution in [0.5, 0.6) is 0 Å². The van der Waals surface area contributed by atoms with E-state index >= 15 is 9.18 Å². The monoisotopic (exact) mass is 1050 g/mol. The maximum Gasteiger partial charge on any atom is 0.238 e. The molecule has 404 valence electrons. The number of amides is 5. The second kappa shape index (κ2) is 20.2. The molecule has 77 heavy (non-hydrogen) atoms. The number of piperidine rings is 5. The zero-order valence-corrected chi connectivity index (χ0v) is 45.0. The summed E-state index contributed by atoms with van der Waals surface area (Å²) >= 11 is 0. The zero-order chi connectivity index (χ0) is 53.3. The largest absolute Gasteiger partial charge is 0.357 e. The Morgan fingerprint density at radius 3 is 2.23 bits per heavy atom. The summed E-state index contributed by atoms with van der Waals surface area (Å²) in [7, 11) is 0. The number of carbonyl (C=O) groups is 5. The van der Waals surface area contributed by atoms with Gasteiger partial charge in [0.15, 0.2) is 5.82 Å². The SMILES string of the molecule is Cc1nc(N2CCC(C(=O)N3CCC(C)(C(=O)N4CCC5(CC4)C(=O)N([C@H]4C[C@@H](N6CCCCC6)C4)c4cc(-c6cc7ncn(C(C)C)c7c(Nc7ccccc7F)n6)ccc45)CC3)CC2)ccc1C1CCC(=O)NC1=O. The van der Waals surface area contributed by atoms with Gasteiger partial charge in [0.05, 0.1) is 34.6 Å². The van der Waals surface area contributed by atoms with Gasteiger partial charge in [-0.25, -0.2) is 19.3 Å². The maximum absolute atomic E-state index is 15.4. The molecule has 3 aromatic heterocycles. The number of fused-ring (bicyclic) bond motifs is 3. The summed E-state index contributed by atoms with van der Waals surface area (Å²) in [5.41, 5.74) is 5.57. The molecule has 1 aliphatic carbocycles. The number of halogens is 1. The van der Waals surface area contributed by atoms with Gasteiger partial charge in [-0.2, -0.15) is 0 Å². The van der Waals surface area contributed by atoms with E-state index in [1.54, 1.807) is 24.5 Å². The minimum atomic E-state index is -0.758. The Balaban J connectivity index is 0.722. The highest BCUT2D eigenvalue weighted by Gasteiger charge is 2.56. The molecular formula is C60H72FN11O5. The van der Waals surface area contributed by atoms with E-state index in [0.717, 1.165) is 70.9 Å². The number of pyridine rings is 2. The van der Waals surface area contributed by atoms with E-state index in [1.807, 2.05) is 39.5 Å². The van der Waals surface area contributed by atoms with Crippen LogP contribution in [0.4, 0.5) is 27.4 Å². The molecule has 2 aromatic carbocycles. The number of imide groups is 1. The fourth-order valence-electron chi connectivity index (χ4n) is 13.9. The molecule has 1 saturated carbocycles. The molecule has 6 aliphatic heterocycles. The molecule has 5 saturated heterocycles. The second-order valence-corrected chi connectivity index (χ2v) is 23.7. The first-order valence-corrected chi connectivity index (χ1v) is 28.4. The highest BCUT2D eigenvalue weighted by atomic mass is 19.1. The van der Waals surface area contributed by atoms with Crippen LogP contribution < -0.4 is 20.4 Å². The van der Waals surface area contributed by atoms with Gasteiger partial charge in [-0.05, 0) is 146 Å². The number of aryl methyl sites for hydroxylation is 1. The summed E-state index contributed by atoms with van der Waals surface area (Å²) in [5, 5.41) is 5.74. The van der Waals surface area contributed by atoms with Crippen molar-refractivity contribution in [3.63, 3.8) is 0 Å². The molecule has 0 bridgehead atoms. The molecule has 7 aliphatic rings. The highest BCUT2D eigenvalue weighted by molar-refractivity contribution is 6.10. The van der Waals surface area contributed by atoms with Crippen molar-refractivity contribution in [2.45, 2.75) is 141 Å². The molecule has 1 unspecified atom stereocenters. The van der Waals surface area contributed by atoms with Crippen LogP contribution in [0.3, 0.4) is 0 Å². The predicted molar refractivity (Wildman–Crippen MR) is 293 cm³/mol. The topological polar surface area (TPSA) is 169 Å². The third-order valence-electron chi connectivity index (χ3n) is 18.8. The van der Waals surface area contributed by atoms with E-state index in [-0.39, 0.29) is 59.3 Å². The van der Waals surface area contributed by atoms with E-state index in [9.17, 15) is 19.2 Å². The highest BCUT2D eigenvalue weighted by Crippen LogP contribution is 2.53. The number of benzene rings is 2. The van der Waals surface area contributed by atoms with Gasteiger partial charge in [0.2, 0.25) is 29.5 Å². The Labute approximate surface area is 450 Å². The van der Waals surface area contributed by atoms with Crippen molar-refractivity contribution in [3.8, 4) is 11.3 Å². The number of likely N-dealkylation sites (tertiary alicyclic amines) is 3. The second-order valence-electron chi connectivity index (χ2n) is 23.7. The predicted octanol–water partition coefficient (Wildman–Crippen LogP) is 8.55. The number of rotatable bonds is 10. The first-order chi connectivity index (χ1) is 37.2. The van der Waals surface area contributed by atoms with Crippen LogP contribution in [0.2, 0.25) is 0 Å². The summed E-state index contributed by atoms with van der Waals surface area (Å²) in [6, 6.07) is 19.4. The lowest BCUT2D eigenvalue weighted by Crippen LogP contribution is -2.59. The molecule has 1 atom stereocenters. The summed E-state index contributed by atoms with van der Waals surface area (Å²) in [6.45, 7) is 13.8. The Hall–Kier alpha value is -6.75. The molecule has 0 radical (unpaired) electrons. The molecule has 6 fully saturated rings. The van der Waals surface area contributed by atoms with Gasteiger partial charge >= 0.3 is 0 Å². The normalized spacial score (nSPS) is 23.9. The number of aromatic nitrogens is 4. The van der Waals surface area contributed by atoms with Crippen molar-refractivity contribution < 1.29 is 28.4 Å². The number of nitrogens with one attached hydrogen (secondary N) is 2. The lowest BCUT2D eigenvalue weighted by atomic mass is 9.72. The van der Waals surface area contributed by atoms with Gasteiger partial charge < -0.3 is 34.4 Å². The first-order valence-electron chi connectivity index (χ1n) is 28.4. The number of anilines is 4. The van der Waals surface area contributed by atoms with Gasteiger partial charge in [-0.15, -0.1) is 0 Å².